The minimum atomic E-state index is -5.00. The van der Waals surface area contributed by atoms with Gasteiger partial charge in [0.1, 0.15) is 16.4 Å². The maximum atomic E-state index is 13.4. The zero-order valence-electron chi connectivity index (χ0n) is 51.3. The summed E-state index contributed by atoms with van der Waals surface area (Å²) in [5, 5.41) is 17.8. The van der Waals surface area contributed by atoms with Gasteiger partial charge in [-0.25, -0.2) is 16.8 Å². The summed E-state index contributed by atoms with van der Waals surface area (Å²) in [6.45, 7) is 16.1. The molecule has 0 saturated heterocycles. The monoisotopic (exact) mass is 1390 g/mol. The number of sulfone groups is 2. The molecule has 504 valence electrons. The molecule has 2 aliphatic rings. The first kappa shape index (κ1) is 79.0. The lowest BCUT2D eigenvalue weighted by molar-refractivity contribution is -0.777. The van der Waals surface area contributed by atoms with E-state index in [0.29, 0.717) is 43.4 Å². The van der Waals surface area contributed by atoms with Gasteiger partial charge < -0.3 is 20.3 Å². The van der Waals surface area contributed by atoms with Gasteiger partial charge in [-0.3, -0.25) is 13.6 Å². The van der Waals surface area contributed by atoms with Crippen LogP contribution in [0.3, 0.4) is 0 Å². The molecule has 0 aliphatic heterocycles. The molecule has 4 aromatic rings. The van der Waals surface area contributed by atoms with Gasteiger partial charge in [-0.05, 0) is 146 Å². The van der Waals surface area contributed by atoms with Crippen LogP contribution in [0.4, 0.5) is 26.3 Å². The molecule has 4 aromatic carbocycles. The zero-order chi connectivity index (χ0) is 67.5. The number of alkyl halides is 6. The normalized spacial score (nSPS) is 14.9. The third-order valence-electron chi connectivity index (χ3n) is 13.6. The van der Waals surface area contributed by atoms with Gasteiger partial charge in [-0.15, -0.1) is 4.79 Å². The topological polar surface area (TPSA) is 276 Å². The van der Waals surface area contributed by atoms with E-state index < -0.39 is 101 Å². The van der Waals surface area contributed by atoms with E-state index in [1.807, 2.05) is 30.3 Å². The quantitative estimate of drug-likeness (QED) is 0.00602. The first-order valence-electron chi connectivity index (χ1n) is 29.0. The van der Waals surface area contributed by atoms with Gasteiger partial charge in [0, 0.05) is 22.4 Å². The number of nitrogens with zero attached hydrogens (tertiary/aromatic N) is 4. The number of benzene rings is 4. The van der Waals surface area contributed by atoms with Crippen LogP contribution in [0.5, 0.6) is 11.5 Å². The van der Waals surface area contributed by atoms with Crippen LogP contribution in [0.25, 0.3) is 5.53 Å². The van der Waals surface area contributed by atoms with Crippen molar-refractivity contribution < 1.29 is 97.5 Å². The summed E-state index contributed by atoms with van der Waals surface area (Å²) in [5.74, 6) is 0.599. The summed E-state index contributed by atoms with van der Waals surface area (Å²) < 4.78 is 199. The predicted octanol–water partition coefficient (Wildman–Crippen LogP) is 13.0. The second-order valence-electron chi connectivity index (χ2n) is 21.7. The molecule has 31 heteroatoms. The molecule has 90 heavy (non-hydrogen) atoms. The number of ether oxygens (including phenoxy) is 2. The van der Waals surface area contributed by atoms with Crippen LogP contribution in [0, 0.1) is 0 Å². The van der Waals surface area contributed by atoms with Gasteiger partial charge in [0.05, 0.1) is 47.3 Å². The fourth-order valence-corrected chi connectivity index (χ4v) is 16.4. The molecule has 0 heterocycles. The van der Waals surface area contributed by atoms with E-state index >= 15 is 0 Å². The molecule has 0 spiro atoms. The molecular weight excluding hydrogens is 1310 g/mol. The Morgan fingerprint density at radius 1 is 0.611 bits per heavy atom. The van der Waals surface area contributed by atoms with Crippen molar-refractivity contribution >= 4 is 80.4 Å². The molecule has 2 fully saturated rings. The van der Waals surface area contributed by atoms with Crippen LogP contribution in [-0.4, -0.2) is 102 Å². The molecule has 6 rings (SSSR count). The van der Waals surface area contributed by atoms with Gasteiger partial charge in [0.2, 0.25) is 0 Å². The van der Waals surface area contributed by atoms with Gasteiger partial charge in [0.25, 0.3) is 19.7 Å². The number of oxime groups is 2. The maximum absolute atomic E-state index is 13.4. The first-order valence-corrected chi connectivity index (χ1v) is 36.5. The van der Waals surface area contributed by atoms with Crippen LogP contribution >= 0.6 is 12.0 Å². The lowest BCUT2D eigenvalue weighted by Gasteiger charge is -2.22. The van der Waals surface area contributed by atoms with Crippen molar-refractivity contribution in [3.05, 3.63) is 124 Å². The van der Waals surface area contributed by atoms with E-state index in [1.54, 1.807) is 0 Å². The molecule has 0 amide bonds. The molecule has 0 atom stereocenters. The molecule has 0 unspecified atom stereocenters. The SMILES string of the molecule is CC(C)c1cc(C(C)C)c(SOO[O-])c(C(C)C)c1.CCCS(=O)(=O)O/N=C(/c1ccc(OCCCOc2ccc(/C(=N/OS(=O)(=O)CCC)C(F)(F)F)cc2)cc1)C(F)(F)F.[N-]=[N+]=C(S(=O)(=O)C1CCCCC1)S(=O)(=O)C1CCCCC1.[SH2+]c1ccccc1. The third kappa shape index (κ3) is 26.4. The van der Waals surface area contributed by atoms with Gasteiger partial charge in [-0.2, -0.15) is 47.5 Å². The molecule has 0 bridgehead atoms. The minimum absolute atomic E-state index is 0.0600. The average molecular weight is 1390 g/mol. The van der Waals surface area contributed by atoms with E-state index in [-0.39, 0.29) is 44.0 Å². The van der Waals surface area contributed by atoms with Crippen molar-refractivity contribution in [1.82, 2.24) is 0 Å². The second kappa shape index (κ2) is 37.5. The largest absolute Gasteiger partial charge is 0.691 e. The van der Waals surface area contributed by atoms with Crippen LogP contribution in [0.2, 0.25) is 0 Å². The highest BCUT2D eigenvalue weighted by molar-refractivity contribution is 8.31. The van der Waals surface area contributed by atoms with Crippen LogP contribution < -0.4 is 14.7 Å². The summed E-state index contributed by atoms with van der Waals surface area (Å²) in [7, 11) is -16.7. The van der Waals surface area contributed by atoms with E-state index in [4.69, 9.17) is 15.0 Å². The van der Waals surface area contributed by atoms with Gasteiger partial charge >= 0.3 is 37.0 Å². The first-order chi connectivity index (χ1) is 42.1. The maximum Gasteiger partial charge on any atom is 0.495 e. The Morgan fingerprint density at radius 2 is 0.989 bits per heavy atom. The Hall–Kier alpha value is -5.24. The smallest absolute Gasteiger partial charge is 0.495 e. The molecule has 2 saturated carbocycles. The standard InChI is InChI=1S/C25H28F6N2O8S2.C15H24O3S.C13H22N2O4S2.C6H6S/c1-3-16-42(34,35)40-32-22(24(26,27)28)18-6-10-20(11-7-18)38-14-5-15-39-21-12-8-19(9-13-21)23(25(29,30)31)33-41-43(36,37)17-4-2;1-9(2)12-7-13(10(3)4)15(19-18-17-16)14(8-12)11(5)6;14-15-13(20(16,17)11-7-3-1-4-8-11)21(18,19)12-9-5-2-6-10-12;7-6-4-2-1-3-5-6/h6-13H,3-5,14-17H2,1-2H3;7-11,16H,1-6H3;11-12H,1-10H2;1-5,7H/b32-22-,33-23-;;;. The Kier molecular flexibility index (Phi) is 32.9. The van der Waals surface area contributed by atoms with E-state index in [2.05, 4.69) is 99.3 Å². The van der Waals surface area contributed by atoms with E-state index in [1.165, 1.54) is 54.8 Å². The predicted molar refractivity (Wildman–Crippen MR) is 336 cm³/mol. The van der Waals surface area contributed by atoms with Crippen LogP contribution in [-0.2, 0) is 70.5 Å². The average Bonchev–Trinajstić information content (AvgIpc) is 0.836. The summed E-state index contributed by atoms with van der Waals surface area (Å²) in [5.41, 5.74) is 8.83. The summed E-state index contributed by atoms with van der Waals surface area (Å²) in [4.78, 5) is 4.85. The van der Waals surface area contributed by atoms with Crippen molar-refractivity contribution in [1.29, 1.82) is 0 Å². The molecule has 19 nitrogen and oxygen atoms in total. The summed E-state index contributed by atoms with van der Waals surface area (Å²) in [6.07, 6.45) is -2.66. The Balaban J connectivity index is 0.000000370. The highest BCUT2D eigenvalue weighted by Crippen LogP contribution is 2.39. The number of hydrogen-bond acceptors (Lipinski definition) is 18. The van der Waals surface area contributed by atoms with Crippen LogP contribution in [0.15, 0.2) is 111 Å². The Morgan fingerprint density at radius 3 is 1.28 bits per heavy atom. The van der Waals surface area contributed by atoms with E-state index in [0.717, 1.165) is 84.6 Å². The highest BCUT2D eigenvalue weighted by Gasteiger charge is 2.50. The van der Waals surface area contributed by atoms with Crippen molar-refractivity contribution in [2.24, 2.45) is 10.3 Å². The Bertz CT molecular complexity index is 3240. The molecule has 0 radical (unpaired) electrons. The minimum Gasteiger partial charge on any atom is -0.691 e. The third-order valence-corrected chi connectivity index (χ3v) is 22.3. The highest BCUT2D eigenvalue weighted by atomic mass is 32.3. The Labute approximate surface area is 534 Å². The van der Waals surface area contributed by atoms with Crippen molar-refractivity contribution in [3.8, 4) is 11.5 Å². The van der Waals surface area contributed by atoms with Crippen molar-refractivity contribution in [2.45, 2.75) is 189 Å². The molecule has 0 aromatic heterocycles. The molecule has 0 N–H and O–H groups in total. The lowest BCUT2D eigenvalue weighted by atomic mass is 9.89. The van der Waals surface area contributed by atoms with E-state index in [9.17, 15) is 65.3 Å². The van der Waals surface area contributed by atoms with Gasteiger partial charge in [0.15, 0.2) is 11.4 Å². The number of rotatable bonds is 24. The summed E-state index contributed by atoms with van der Waals surface area (Å²) in [6, 6.07) is 23.3. The number of halogens is 6. The zero-order valence-corrected chi connectivity index (χ0v) is 56.4. The van der Waals surface area contributed by atoms with Crippen LogP contribution in [0.1, 0.15) is 184 Å². The summed E-state index contributed by atoms with van der Waals surface area (Å²) >= 11 is 4.37. The second-order valence-corrected chi connectivity index (χ2v) is 30.9. The van der Waals surface area contributed by atoms with Gasteiger partial charge in [-0.1, -0.05) is 135 Å². The lowest BCUT2D eigenvalue weighted by Crippen LogP contribution is -2.40. The fourth-order valence-electron chi connectivity index (χ4n) is 8.94. The van der Waals surface area contributed by atoms with Crippen molar-refractivity contribution in [3.63, 3.8) is 0 Å². The molecular formula is C59H80F6N4O15S6. The van der Waals surface area contributed by atoms with Crippen molar-refractivity contribution in [2.75, 3.05) is 24.7 Å². The number of hydrogen-bond donors (Lipinski definition) is 0. The fraction of sp³-hybridized carbons (Fsp3) is 0.542. The molecule has 2 aliphatic carbocycles.